The second-order valence-corrected chi connectivity index (χ2v) is 6.46. The lowest BCUT2D eigenvalue weighted by molar-refractivity contribution is 0.0562. The minimum Gasteiger partial charge on any atom is -0.490 e. The van der Waals surface area contributed by atoms with E-state index in [-0.39, 0.29) is 6.61 Å². The summed E-state index contributed by atoms with van der Waals surface area (Å²) >= 11 is 0. The maximum Gasteiger partial charge on any atom is 0.119 e. The molecule has 0 amide bonds. The van der Waals surface area contributed by atoms with Crippen molar-refractivity contribution in [3.05, 3.63) is 29.8 Å². The molecule has 2 heteroatoms. The Morgan fingerprint density at radius 1 is 1.22 bits per heavy atom. The molecule has 1 aliphatic carbocycles. The van der Waals surface area contributed by atoms with Crippen LogP contribution in [0, 0.1) is 11.3 Å². The summed E-state index contributed by atoms with van der Waals surface area (Å²) < 4.78 is 6.08. The average Bonchev–Trinajstić information content (AvgIpc) is 2.27. The number of ether oxygens (including phenoxy) is 1. The van der Waals surface area contributed by atoms with Gasteiger partial charge in [0.25, 0.3) is 0 Å². The van der Waals surface area contributed by atoms with Crippen LogP contribution in [0.5, 0.6) is 5.75 Å². The van der Waals surface area contributed by atoms with Crippen molar-refractivity contribution < 1.29 is 9.84 Å². The van der Waals surface area contributed by atoms with Gasteiger partial charge in [-0.3, -0.25) is 0 Å². The molecule has 2 unspecified atom stereocenters. The highest BCUT2D eigenvalue weighted by Crippen LogP contribution is 2.39. The Labute approximate surface area is 110 Å². The standard InChI is InChI=1S/C16H24O2/c1-12-8-15(10-16(2,3)9-12)18-14-6-4-13(11-17)5-7-14/h4-7,12,15,17H,8-11H2,1-3H3. The molecular weight excluding hydrogens is 224 g/mol. The number of hydrogen-bond donors (Lipinski definition) is 1. The molecule has 0 aromatic heterocycles. The Morgan fingerprint density at radius 2 is 1.89 bits per heavy atom. The summed E-state index contributed by atoms with van der Waals surface area (Å²) in [7, 11) is 0. The van der Waals surface area contributed by atoms with Crippen LogP contribution in [0.2, 0.25) is 0 Å². The molecule has 0 aliphatic heterocycles. The zero-order valence-corrected chi connectivity index (χ0v) is 11.6. The van der Waals surface area contributed by atoms with E-state index in [0.29, 0.717) is 11.5 Å². The molecule has 1 aromatic carbocycles. The first-order valence-corrected chi connectivity index (χ1v) is 6.85. The lowest BCUT2D eigenvalue weighted by Gasteiger charge is -2.38. The van der Waals surface area contributed by atoms with Crippen molar-refractivity contribution in [3.63, 3.8) is 0 Å². The molecule has 0 spiro atoms. The van der Waals surface area contributed by atoms with Crippen molar-refractivity contribution >= 4 is 0 Å². The van der Waals surface area contributed by atoms with Crippen LogP contribution >= 0.6 is 0 Å². The second kappa shape index (κ2) is 5.31. The minimum atomic E-state index is 0.0910. The Morgan fingerprint density at radius 3 is 2.44 bits per heavy atom. The van der Waals surface area contributed by atoms with Gasteiger partial charge in [0.2, 0.25) is 0 Å². The summed E-state index contributed by atoms with van der Waals surface area (Å²) in [4.78, 5) is 0. The Balaban J connectivity index is 1.99. The van der Waals surface area contributed by atoms with Crippen LogP contribution in [0.3, 0.4) is 0 Å². The molecular formula is C16H24O2. The van der Waals surface area contributed by atoms with Gasteiger partial charge in [-0.1, -0.05) is 32.9 Å². The Kier molecular flexibility index (Phi) is 3.96. The van der Waals surface area contributed by atoms with Crippen LogP contribution in [0.15, 0.2) is 24.3 Å². The quantitative estimate of drug-likeness (QED) is 0.882. The fraction of sp³-hybridized carbons (Fsp3) is 0.625. The van der Waals surface area contributed by atoms with Crippen molar-refractivity contribution in [2.24, 2.45) is 11.3 Å². The predicted octanol–water partition coefficient (Wildman–Crippen LogP) is 3.77. The molecule has 0 radical (unpaired) electrons. The molecule has 2 rings (SSSR count). The van der Waals surface area contributed by atoms with E-state index in [1.165, 1.54) is 6.42 Å². The van der Waals surface area contributed by atoms with Gasteiger partial charge in [0.05, 0.1) is 12.7 Å². The fourth-order valence-electron chi connectivity index (χ4n) is 3.21. The van der Waals surface area contributed by atoms with E-state index in [2.05, 4.69) is 20.8 Å². The van der Waals surface area contributed by atoms with Gasteiger partial charge < -0.3 is 9.84 Å². The molecule has 2 atom stereocenters. The molecule has 1 fully saturated rings. The van der Waals surface area contributed by atoms with Crippen molar-refractivity contribution in [2.75, 3.05) is 0 Å². The van der Waals surface area contributed by atoms with Gasteiger partial charge in [-0.15, -0.1) is 0 Å². The monoisotopic (exact) mass is 248 g/mol. The maximum atomic E-state index is 9.01. The van der Waals surface area contributed by atoms with Gasteiger partial charge in [-0.05, 0) is 48.3 Å². The normalized spacial score (nSPS) is 26.9. The van der Waals surface area contributed by atoms with E-state index in [0.717, 1.165) is 30.1 Å². The van der Waals surface area contributed by atoms with Crippen LogP contribution in [-0.2, 0) is 6.61 Å². The predicted molar refractivity (Wildman–Crippen MR) is 73.6 cm³/mol. The highest BCUT2D eigenvalue weighted by molar-refractivity contribution is 5.27. The van der Waals surface area contributed by atoms with Crippen LogP contribution in [0.25, 0.3) is 0 Å². The first kappa shape index (κ1) is 13.4. The smallest absolute Gasteiger partial charge is 0.119 e. The van der Waals surface area contributed by atoms with E-state index in [1.54, 1.807) is 0 Å². The van der Waals surface area contributed by atoms with E-state index in [4.69, 9.17) is 9.84 Å². The van der Waals surface area contributed by atoms with Gasteiger partial charge in [-0.2, -0.15) is 0 Å². The van der Waals surface area contributed by atoms with E-state index in [1.807, 2.05) is 24.3 Å². The zero-order chi connectivity index (χ0) is 13.2. The third-order valence-electron chi connectivity index (χ3n) is 3.76. The van der Waals surface area contributed by atoms with E-state index < -0.39 is 0 Å². The Bertz CT molecular complexity index is 381. The summed E-state index contributed by atoms with van der Waals surface area (Å²) in [5.74, 6) is 1.65. The van der Waals surface area contributed by atoms with Crippen LogP contribution in [-0.4, -0.2) is 11.2 Å². The molecule has 0 saturated heterocycles. The summed E-state index contributed by atoms with van der Waals surface area (Å²) in [6, 6.07) is 7.76. The fourth-order valence-corrected chi connectivity index (χ4v) is 3.21. The SMILES string of the molecule is CC1CC(Oc2ccc(CO)cc2)CC(C)(C)C1. The topological polar surface area (TPSA) is 29.5 Å². The molecule has 1 aliphatic rings. The molecule has 18 heavy (non-hydrogen) atoms. The number of hydrogen-bond acceptors (Lipinski definition) is 2. The Hall–Kier alpha value is -1.02. The summed E-state index contributed by atoms with van der Waals surface area (Å²) in [5, 5.41) is 9.01. The molecule has 100 valence electrons. The average molecular weight is 248 g/mol. The van der Waals surface area contributed by atoms with Gasteiger partial charge in [-0.25, -0.2) is 0 Å². The second-order valence-electron chi connectivity index (χ2n) is 6.46. The number of aliphatic hydroxyl groups is 1. The highest BCUT2D eigenvalue weighted by atomic mass is 16.5. The van der Waals surface area contributed by atoms with Crippen LogP contribution in [0.4, 0.5) is 0 Å². The first-order chi connectivity index (χ1) is 8.48. The summed E-state index contributed by atoms with van der Waals surface area (Å²) in [5.41, 5.74) is 1.31. The van der Waals surface area contributed by atoms with Gasteiger partial charge in [0, 0.05) is 0 Å². The lowest BCUT2D eigenvalue weighted by atomic mass is 9.71. The largest absolute Gasteiger partial charge is 0.490 e. The number of aliphatic hydroxyl groups excluding tert-OH is 1. The van der Waals surface area contributed by atoms with Crippen LogP contribution in [0.1, 0.15) is 45.6 Å². The van der Waals surface area contributed by atoms with Crippen molar-refractivity contribution in [3.8, 4) is 5.75 Å². The number of benzene rings is 1. The van der Waals surface area contributed by atoms with Gasteiger partial charge >= 0.3 is 0 Å². The summed E-state index contributed by atoms with van der Waals surface area (Å²) in [6.45, 7) is 7.06. The van der Waals surface area contributed by atoms with E-state index >= 15 is 0 Å². The highest BCUT2D eigenvalue weighted by Gasteiger charge is 2.33. The van der Waals surface area contributed by atoms with Crippen LogP contribution < -0.4 is 4.74 Å². The maximum absolute atomic E-state index is 9.01. The molecule has 2 nitrogen and oxygen atoms in total. The number of rotatable bonds is 3. The molecule has 1 saturated carbocycles. The molecule has 0 bridgehead atoms. The lowest BCUT2D eigenvalue weighted by Crippen LogP contribution is -2.34. The zero-order valence-electron chi connectivity index (χ0n) is 11.6. The van der Waals surface area contributed by atoms with E-state index in [9.17, 15) is 0 Å². The molecule has 1 N–H and O–H groups in total. The third kappa shape index (κ3) is 3.49. The van der Waals surface area contributed by atoms with Crippen molar-refractivity contribution in [1.29, 1.82) is 0 Å². The van der Waals surface area contributed by atoms with Gasteiger partial charge in [0.1, 0.15) is 5.75 Å². The van der Waals surface area contributed by atoms with Crippen molar-refractivity contribution in [1.82, 2.24) is 0 Å². The molecule has 0 heterocycles. The first-order valence-electron chi connectivity index (χ1n) is 6.85. The minimum absolute atomic E-state index is 0.0910. The molecule has 1 aromatic rings. The van der Waals surface area contributed by atoms with Crippen molar-refractivity contribution in [2.45, 2.75) is 52.7 Å². The summed E-state index contributed by atoms with van der Waals surface area (Å²) in [6.07, 6.45) is 3.88. The third-order valence-corrected chi connectivity index (χ3v) is 3.76. The van der Waals surface area contributed by atoms with Gasteiger partial charge in [0.15, 0.2) is 0 Å².